The first-order valence-electron chi connectivity index (χ1n) is 9.47. The highest BCUT2D eigenvalue weighted by atomic mass is 16.3. The summed E-state index contributed by atoms with van der Waals surface area (Å²) in [5.74, 6) is 0.728. The largest absolute Gasteiger partial charge is 0.392 e. The zero-order chi connectivity index (χ0) is 16.7. The quantitative estimate of drug-likeness (QED) is 0.910. The molecule has 2 atom stereocenters. The second kappa shape index (κ2) is 6.41. The Morgan fingerprint density at radius 3 is 2.50 bits per heavy atom. The zero-order valence-electron chi connectivity index (χ0n) is 15.1. The van der Waals surface area contributed by atoms with E-state index in [0.717, 1.165) is 38.5 Å². The maximum atomic E-state index is 10.2. The van der Waals surface area contributed by atoms with Crippen LogP contribution >= 0.6 is 0 Å². The number of piperazine rings is 1. The predicted molar refractivity (Wildman–Crippen MR) is 96.8 cm³/mol. The van der Waals surface area contributed by atoms with E-state index in [0.29, 0.717) is 6.04 Å². The van der Waals surface area contributed by atoms with E-state index in [2.05, 4.69) is 58.9 Å². The van der Waals surface area contributed by atoms with E-state index in [1.165, 1.54) is 25.2 Å². The van der Waals surface area contributed by atoms with Crippen LogP contribution in [0, 0.1) is 5.92 Å². The van der Waals surface area contributed by atoms with Crippen LogP contribution in [0.4, 0.5) is 0 Å². The van der Waals surface area contributed by atoms with Gasteiger partial charge in [0.2, 0.25) is 0 Å². The van der Waals surface area contributed by atoms with Crippen molar-refractivity contribution >= 4 is 0 Å². The van der Waals surface area contributed by atoms with E-state index in [1.54, 1.807) is 0 Å². The molecule has 2 unspecified atom stereocenters. The molecule has 132 valence electrons. The molecular weight excluding hydrogens is 298 g/mol. The van der Waals surface area contributed by atoms with Gasteiger partial charge in [0.15, 0.2) is 0 Å². The molecule has 0 radical (unpaired) electrons. The SMILES string of the molecule is CC(C)CN1CC2(CN(Cc3ccccc3)CC3CC(O)CN32)C1. The monoisotopic (exact) mass is 329 g/mol. The highest BCUT2D eigenvalue weighted by Gasteiger charge is 2.55. The van der Waals surface area contributed by atoms with Crippen LogP contribution in [0.15, 0.2) is 30.3 Å². The van der Waals surface area contributed by atoms with Gasteiger partial charge < -0.3 is 5.11 Å². The van der Waals surface area contributed by atoms with Gasteiger partial charge in [-0.3, -0.25) is 14.7 Å². The fourth-order valence-electron chi connectivity index (χ4n) is 5.19. The molecule has 4 rings (SSSR count). The summed E-state index contributed by atoms with van der Waals surface area (Å²) in [4.78, 5) is 7.87. The van der Waals surface area contributed by atoms with E-state index in [-0.39, 0.29) is 11.6 Å². The highest BCUT2D eigenvalue weighted by molar-refractivity contribution is 5.17. The van der Waals surface area contributed by atoms with Crippen molar-refractivity contribution in [2.75, 3.05) is 39.3 Å². The van der Waals surface area contributed by atoms with Crippen LogP contribution in [0.5, 0.6) is 0 Å². The molecule has 1 spiro atoms. The predicted octanol–water partition coefficient (Wildman–Crippen LogP) is 1.65. The summed E-state index contributed by atoms with van der Waals surface area (Å²) in [5, 5.41) is 10.2. The number of rotatable bonds is 4. The minimum atomic E-state index is -0.136. The lowest BCUT2D eigenvalue weighted by Gasteiger charge is -2.61. The van der Waals surface area contributed by atoms with Crippen LogP contribution in [0.2, 0.25) is 0 Å². The number of hydrogen-bond acceptors (Lipinski definition) is 4. The average molecular weight is 329 g/mol. The second-order valence-corrected chi connectivity index (χ2v) is 8.64. The van der Waals surface area contributed by atoms with Crippen LogP contribution in [0.25, 0.3) is 0 Å². The Morgan fingerprint density at radius 2 is 1.79 bits per heavy atom. The molecule has 1 aromatic carbocycles. The maximum absolute atomic E-state index is 10.2. The number of aliphatic hydroxyl groups is 1. The van der Waals surface area contributed by atoms with Crippen molar-refractivity contribution < 1.29 is 5.11 Å². The highest BCUT2D eigenvalue weighted by Crippen LogP contribution is 2.39. The van der Waals surface area contributed by atoms with Crippen LogP contribution < -0.4 is 0 Å². The number of aliphatic hydroxyl groups excluding tert-OH is 1. The summed E-state index contributed by atoms with van der Waals surface area (Å²) in [6, 6.07) is 11.3. The lowest BCUT2D eigenvalue weighted by Crippen LogP contribution is -2.78. The van der Waals surface area contributed by atoms with E-state index < -0.39 is 0 Å². The summed E-state index contributed by atoms with van der Waals surface area (Å²) in [6.07, 6.45) is 0.805. The number of nitrogens with zero attached hydrogens (tertiary/aromatic N) is 3. The third-order valence-corrected chi connectivity index (χ3v) is 5.90. The lowest BCUT2D eigenvalue weighted by molar-refractivity contribution is -0.117. The molecule has 3 fully saturated rings. The van der Waals surface area contributed by atoms with Crippen molar-refractivity contribution in [3.05, 3.63) is 35.9 Å². The summed E-state index contributed by atoms with van der Waals surface area (Å²) < 4.78 is 0. The molecule has 1 aromatic rings. The van der Waals surface area contributed by atoms with Crippen molar-refractivity contribution in [1.29, 1.82) is 0 Å². The van der Waals surface area contributed by atoms with Crippen LogP contribution in [0.3, 0.4) is 0 Å². The number of benzene rings is 1. The molecule has 3 aliphatic rings. The van der Waals surface area contributed by atoms with Gasteiger partial charge in [-0.25, -0.2) is 0 Å². The van der Waals surface area contributed by atoms with Gasteiger partial charge >= 0.3 is 0 Å². The topological polar surface area (TPSA) is 30.0 Å². The Labute approximate surface area is 146 Å². The van der Waals surface area contributed by atoms with Crippen molar-refractivity contribution in [2.45, 2.75) is 44.5 Å². The molecule has 3 saturated heterocycles. The first-order valence-corrected chi connectivity index (χ1v) is 9.47. The van der Waals surface area contributed by atoms with Gasteiger partial charge in [-0.2, -0.15) is 0 Å². The lowest BCUT2D eigenvalue weighted by atomic mass is 9.83. The molecule has 24 heavy (non-hydrogen) atoms. The minimum Gasteiger partial charge on any atom is -0.392 e. The third kappa shape index (κ3) is 3.13. The number of likely N-dealkylation sites (tertiary alicyclic amines) is 1. The second-order valence-electron chi connectivity index (χ2n) is 8.64. The Morgan fingerprint density at radius 1 is 1.08 bits per heavy atom. The Balaban J connectivity index is 1.47. The van der Waals surface area contributed by atoms with Crippen molar-refractivity contribution in [3.8, 4) is 0 Å². The van der Waals surface area contributed by atoms with Gasteiger partial charge in [0.1, 0.15) is 0 Å². The van der Waals surface area contributed by atoms with Gasteiger partial charge in [-0.1, -0.05) is 44.2 Å². The molecule has 1 N–H and O–H groups in total. The molecule has 4 heteroatoms. The van der Waals surface area contributed by atoms with Crippen molar-refractivity contribution in [2.24, 2.45) is 5.92 Å². The third-order valence-electron chi connectivity index (χ3n) is 5.90. The number of β-amino-alcohol motifs (C(OH)–C–C–N with tert-alkyl or cyclic N) is 1. The van der Waals surface area contributed by atoms with Gasteiger partial charge in [-0.15, -0.1) is 0 Å². The van der Waals surface area contributed by atoms with Crippen molar-refractivity contribution in [3.63, 3.8) is 0 Å². The zero-order valence-corrected chi connectivity index (χ0v) is 15.1. The Hall–Kier alpha value is -0.940. The van der Waals surface area contributed by atoms with Gasteiger partial charge in [0.05, 0.1) is 11.6 Å². The van der Waals surface area contributed by atoms with Gasteiger partial charge in [0.25, 0.3) is 0 Å². The van der Waals surface area contributed by atoms with Crippen molar-refractivity contribution in [1.82, 2.24) is 14.7 Å². The molecule has 0 aliphatic carbocycles. The van der Waals surface area contributed by atoms with E-state index >= 15 is 0 Å². The molecule has 0 saturated carbocycles. The molecular formula is C20H31N3O. The number of fused-ring (bicyclic) bond motifs is 2. The molecule has 0 aromatic heterocycles. The Bertz CT molecular complexity index is 555. The summed E-state index contributed by atoms with van der Waals surface area (Å²) in [5.41, 5.74) is 1.67. The first-order chi connectivity index (χ1) is 11.5. The van der Waals surface area contributed by atoms with Gasteiger partial charge in [-0.05, 0) is 17.9 Å². The van der Waals surface area contributed by atoms with Crippen LogP contribution in [-0.2, 0) is 6.54 Å². The molecule has 0 bridgehead atoms. The fourth-order valence-corrected chi connectivity index (χ4v) is 5.19. The summed E-state index contributed by atoms with van der Waals surface area (Å²) in [7, 11) is 0. The molecule has 0 amide bonds. The smallest absolute Gasteiger partial charge is 0.0682 e. The fraction of sp³-hybridized carbons (Fsp3) is 0.700. The standard InChI is InChI=1S/C20H31N3O/c1-16(2)9-22-14-20(15-22)13-21(10-17-6-4-3-5-7-17)11-18-8-19(24)12-23(18)20/h3-7,16,18-19,24H,8-15H2,1-2H3. The van der Waals surface area contributed by atoms with Crippen LogP contribution in [-0.4, -0.2) is 76.8 Å². The van der Waals surface area contributed by atoms with Crippen LogP contribution in [0.1, 0.15) is 25.8 Å². The molecule has 4 nitrogen and oxygen atoms in total. The average Bonchev–Trinajstić information content (AvgIpc) is 2.87. The van der Waals surface area contributed by atoms with E-state index in [1.807, 2.05) is 0 Å². The summed E-state index contributed by atoms with van der Waals surface area (Å²) >= 11 is 0. The Kier molecular flexibility index (Phi) is 4.42. The minimum absolute atomic E-state index is 0.136. The van der Waals surface area contributed by atoms with E-state index in [4.69, 9.17) is 0 Å². The number of hydrogen-bond donors (Lipinski definition) is 1. The molecule has 3 aliphatic heterocycles. The molecule has 3 heterocycles. The summed E-state index contributed by atoms with van der Waals surface area (Å²) in [6.45, 7) is 12.3. The van der Waals surface area contributed by atoms with E-state index in [9.17, 15) is 5.11 Å². The van der Waals surface area contributed by atoms with Gasteiger partial charge in [0, 0.05) is 51.9 Å². The normalized spacial score (nSPS) is 30.7. The first kappa shape index (κ1) is 16.5. The maximum Gasteiger partial charge on any atom is 0.0682 e.